The second kappa shape index (κ2) is 9.16. The smallest absolute Gasteiger partial charge is 0.297 e. The van der Waals surface area contributed by atoms with Crippen LogP contribution in [0, 0.1) is 5.82 Å². The fourth-order valence-electron chi connectivity index (χ4n) is 3.77. The molecule has 1 aliphatic rings. The number of amides is 1. The summed E-state index contributed by atoms with van der Waals surface area (Å²) in [6.45, 7) is 0. The molecule has 1 N–H and O–H groups in total. The molecule has 0 bridgehead atoms. The zero-order valence-corrected chi connectivity index (χ0v) is 17.1. The molecule has 3 aromatic rings. The van der Waals surface area contributed by atoms with E-state index < -0.39 is 35.8 Å². The van der Waals surface area contributed by atoms with Crippen LogP contribution in [0.2, 0.25) is 0 Å². The van der Waals surface area contributed by atoms with Crippen molar-refractivity contribution >= 4 is 11.6 Å². The highest BCUT2D eigenvalue weighted by atomic mass is 19.3. The number of anilines is 1. The number of hydrogen-bond donors (Lipinski definition) is 1. The highest BCUT2D eigenvalue weighted by molar-refractivity contribution is 6.06. The number of nitrogens with zero attached hydrogens (tertiary/aromatic N) is 4. The van der Waals surface area contributed by atoms with Gasteiger partial charge in [0.05, 0.1) is 16.9 Å². The summed E-state index contributed by atoms with van der Waals surface area (Å²) in [5.74, 6) is -5.29. The van der Waals surface area contributed by atoms with Gasteiger partial charge in [0.2, 0.25) is 5.92 Å². The van der Waals surface area contributed by atoms with E-state index in [1.807, 2.05) is 0 Å². The van der Waals surface area contributed by atoms with E-state index in [1.54, 1.807) is 0 Å². The Morgan fingerprint density at radius 3 is 2.36 bits per heavy atom. The Labute approximate surface area is 185 Å². The second-order valence-corrected chi connectivity index (χ2v) is 7.67. The van der Waals surface area contributed by atoms with Gasteiger partial charge in [-0.05, 0) is 31.0 Å². The summed E-state index contributed by atoms with van der Waals surface area (Å²) < 4.78 is 67.3. The van der Waals surface area contributed by atoms with Gasteiger partial charge in [0.15, 0.2) is 5.82 Å². The van der Waals surface area contributed by atoms with Crippen molar-refractivity contribution in [2.45, 2.75) is 43.9 Å². The number of carbonyl (C=O) groups is 1. The molecule has 0 aromatic carbocycles. The molecule has 172 valence electrons. The van der Waals surface area contributed by atoms with Crippen LogP contribution in [0.25, 0.3) is 11.3 Å². The van der Waals surface area contributed by atoms with Crippen molar-refractivity contribution < 1.29 is 26.7 Å². The maximum absolute atomic E-state index is 14.5. The van der Waals surface area contributed by atoms with Crippen LogP contribution in [0.15, 0.2) is 43.0 Å². The summed E-state index contributed by atoms with van der Waals surface area (Å²) in [5.41, 5.74) is 0.493. The van der Waals surface area contributed by atoms with Crippen molar-refractivity contribution in [1.29, 1.82) is 0 Å². The van der Waals surface area contributed by atoms with E-state index in [-0.39, 0.29) is 48.2 Å². The van der Waals surface area contributed by atoms with Gasteiger partial charge in [-0.25, -0.2) is 31.9 Å². The number of carbonyl (C=O) groups excluding carboxylic acids is 1. The molecule has 1 fully saturated rings. The summed E-state index contributed by atoms with van der Waals surface area (Å²) in [6, 6.07) is 4.06. The van der Waals surface area contributed by atoms with Crippen LogP contribution >= 0.6 is 0 Å². The lowest BCUT2D eigenvalue weighted by Crippen LogP contribution is -2.25. The van der Waals surface area contributed by atoms with Gasteiger partial charge in [0.25, 0.3) is 12.3 Å². The molecule has 0 radical (unpaired) electrons. The molecule has 1 saturated carbocycles. The van der Waals surface area contributed by atoms with Crippen LogP contribution < -0.4 is 5.32 Å². The third kappa shape index (κ3) is 4.96. The highest BCUT2D eigenvalue weighted by Gasteiger charge is 2.37. The van der Waals surface area contributed by atoms with Crippen LogP contribution in [0.5, 0.6) is 0 Å². The monoisotopic (exact) mass is 463 g/mol. The largest absolute Gasteiger partial charge is 0.320 e. The average Bonchev–Trinajstić information content (AvgIpc) is 2.80. The first-order valence-electron chi connectivity index (χ1n) is 10.1. The standard InChI is InChI=1S/C22H18F5N5O/c23-15-2-1-8-28-17(15)14-5-9-29-16(12-3-6-22(26,27)7-4-12)18(14)32-21(33)13-10-30-20(19(24)25)31-11-13/h1-2,5,8-12,19H,3-4,6-7H2,(H,32,33). The average molecular weight is 463 g/mol. The van der Waals surface area contributed by atoms with Crippen molar-refractivity contribution in [2.75, 3.05) is 5.32 Å². The molecule has 3 aromatic heterocycles. The quantitative estimate of drug-likeness (QED) is 0.502. The topological polar surface area (TPSA) is 80.7 Å². The Kier molecular flexibility index (Phi) is 6.30. The first kappa shape index (κ1) is 22.7. The van der Waals surface area contributed by atoms with E-state index in [1.165, 1.54) is 30.6 Å². The van der Waals surface area contributed by atoms with Gasteiger partial charge in [-0.3, -0.25) is 14.8 Å². The van der Waals surface area contributed by atoms with Gasteiger partial charge >= 0.3 is 0 Å². The first-order valence-corrected chi connectivity index (χ1v) is 10.1. The van der Waals surface area contributed by atoms with Crippen LogP contribution in [0.3, 0.4) is 0 Å². The minimum Gasteiger partial charge on any atom is -0.320 e. The zero-order valence-electron chi connectivity index (χ0n) is 17.1. The van der Waals surface area contributed by atoms with Crippen molar-refractivity contribution in [1.82, 2.24) is 19.9 Å². The highest BCUT2D eigenvalue weighted by Crippen LogP contribution is 2.44. The fraction of sp³-hybridized carbons (Fsp3) is 0.318. The summed E-state index contributed by atoms with van der Waals surface area (Å²) in [6.07, 6.45) is 1.37. The number of alkyl halides is 4. The van der Waals surface area contributed by atoms with E-state index in [0.29, 0.717) is 5.69 Å². The SMILES string of the molecule is O=C(Nc1c(-c2ncccc2F)ccnc1C1CCC(F)(F)CC1)c1cnc(C(F)F)nc1. The van der Waals surface area contributed by atoms with Gasteiger partial charge in [-0.15, -0.1) is 0 Å². The lowest BCUT2D eigenvalue weighted by molar-refractivity contribution is -0.0384. The van der Waals surface area contributed by atoms with Crippen molar-refractivity contribution in [2.24, 2.45) is 0 Å². The number of nitrogens with one attached hydrogen (secondary N) is 1. The molecule has 4 rings (SSSR count). The maximum Gasteiger partial charge on any atom is 0.297 e. The molecule has 11 heteroatoms. The molecule has 0 spiro atoms. The summed E-state index contributed by atoms with van der Waals surface area (Å²) >= 11 is 0. The van der Waals surface area contributed by atoms with E-state index in [9.17, 15) is 26.7 Å². The van der Waals surface area contributed by atoms with Crippen molar-refractivity contribution in [3.05, 3.63) is 65.9 Å². The Hall–Kier alpha value is -3.50. The fourth-order valence-corrected chi connectivity index (χ4v) is 3.77. The number of halogens is 5. The zero-order chi connectivity index (χ0) is 23.6. The third-order valence-corrected chi connectivity index (χ3v) is 5.47. The molecule has 0 atom stereocenters. The Balaban J connectivity index is 1.73. The number of rotatable bonds is 5. The van der Waals surface area contributed by atoms with Gasteiger partial charge < -0.3 is 5.32 Å². The number of pyridine rings is 2. The first-order chi connectivity index (χ1) is 15.7. The Morgan fingerprint density at radius 2 is 1.73 bits per heavy atom. The molecule has 0 saturated heterocycles. The van der Waals surface area contributed by atoms with Crippen LogP contribution in [0.1, 0.15) is 59.9 Å². The second-order valence-electron chi connectivity index (χ2n) is 7.67. The molecular weight excluding hydrogens is 445 g/mol. The Bertz CT molecular complexity index is 1150. The van der Waals surface area contributed by atoms with E-state index >= 15 is 0 Å². The molecule has 33 heavy (non-hydrogen) atoms. The van der Waals surface area contributed by atoms with Crippen LogP contribution in [-0.4, -0.2) is 31.8 Å². The van der Waals surface area contributed by atoms with E-state index in [2.05, 4.69) is 25.3 Å². The van der Waals surface area contributed by atoms with Crippen LogP contribution in [-0.2, 0) is 0 Å². The molecule has 6 nitrogen and oxygen atoms in total. The van der Waals surface area contributed by atoms with Crippen molar-refractivity contribution in [3.63, 3.8) is 0 Å². The lowest BCUT2D eigenvalue weighted by atomic mass is 9.83. The number of aromatic nitrogens is 4. The van der Waals surface area contributed by atoms with Crippen LogP contribution in [0.4, 0.5) is 27.6 Å². The van der Waals surface area contributed by atoms with Gasteiger partial charge in [-0.1, -0.05) is 0 Å². The minimum absolute atomic E-state index is 0.0538. The van der Waals surface area contributed by atoms with Crippen molar-refractivity contribution in [3.8, 4) is 11.3 Å². The summed E-state index contributed by atoms with van der Waals surface area (Å²) in [5, 5.41) is 2.62. The predicted octanol–water partition coefficient (Wildman–Crippen LogP) is 5.56. The van der Waals surface area contributed by atoms with Gasteiger partial charge in [0.1, 0.15) is 11.5 Å². The molecular formula is C22H18F5N5O. The molecule has 0 unspecified atom stereocenters. The van der Waals surface area contributed by atoms with Gasteiger partial charge in [-0.2, -0.15) is 0 Å². The molecule has 1 amide bonds. The molecule has 0 aliphatic heterocycles. The van der Waals surface area contributed by atoms with E-state index in [0.717, 1.165) is 12.4 Å². The van der Waals surface area contributed by atoms with Gasteiger partial charge in [0, 0.05) is 49.1 Å². The lowest BCUT2D eigenvalue weighted by Gasteiger charge is -2.29. The summed E-state index contributed by atoms with van der Waals surface area (Å²) in [4.78, 5) is 28.2. The predicted molar refractivity (Wildman–Crippen MR) is 109 cm³/mol. The maximum atomic E-state index is 14.5. The number of hydrogen-bond acceptors (Lipinski definition) is 5. The minimum atomic E-state index is -2.89. The molecule has 3 heterocycles. The third-order valence-electron chi connectivity index (χ3n) is 5.47. The summed E-state index contributed by atoms with van der Waals surface area (Å²) in [7, 11) is 0. The molecule has 1 aliphatic carbocycles. The normalized spacial score (nSPS) is 16.1. The van der Waals surface area contributed by atoms with E-state index in [4.69, 9.17) is 0 Å². The Morgan fingerprint density at radius 1 is 1.03 bits per heavy atom.